The first-order valence-electron chi connectivity index (χ1n) is 8.42. The summed E-state index contributed by atoms with van der Waals surface area (Å²) in [4.78, 5) is 17.1. The van der Waals surface area contributed by atoms with Crippen LogP contribution in [0.2, 0.25) is 0 Å². The van der Waals surface area contributed by atoms with Crippen molar-refractivity contribution >= 4 is 53.4 Å². The van der Waals surface area contributed by atoms with Crippen molar-refractivity contribution in [1.82, 2.24) is 4.98 Å². The number of benzene rings is 2. The number of amides is 1. The van der Waals surface area contributed by atoms with Gasteiger partial charge in [0.2, 0.25) is 0 Å². The highest BCUT2D eigenvalue weighted by atomic mass is 32.2. The average molecular weight is 416 g/mol. The summed E-state index contributed by atoms with van der Waals surface area (Å²) in [7, 11) is -3.31. The van der Waals surface area contributed by atoms with Crippen molar-refractivity contribution < 1.29 is 22.4 Å². The van der Waals surface area contributed by atoms with Gasteiger partial charge in [-0.2, -0.15) is 0 Å². The SMILES string of the molecule is CCOc1cccc2cc(C(=O)Nc3nc4ccc(S(C)(=O)=O)cc4s3)oc12. The van der Waals surface area contributed by atoms with Gasteiger partial charge in [-0.1, -0.05) is 23.5 Å². The lowest BCUT2D eigenvalue weighted by molar-refractivity contribution is 0.0998. The number of carbonyl (C=O) groups excluding carboxylic acids is 1. The molecule has 4 rings (SSSR count). The number of aromatic nitrogens is 1. The van der Waals surface area contributed by atoms with E-state index in [0.29, 0.717) is 33.3 Å². The van der Waals surface area contributed by atoms with Crippen molar-refractivity contribution in [3.8, 4) is 5.75 Å². The summed E-state index contributed by atoms with van der Waals surface area (Å²) < 4.78 is 35.3. The lowest BCUT2D eigenvalue weighted by Crippen LogP contribution is -2.10. The third kappa shape index (κ3) is 3.46. The van der Waals surface area contributed by atoms with Gasteiger partial charge >= 0.3 is 0 Å². The van der Waals surface area contributed by atoms with E-state index in [-0.39, 0.29) is 10.7 Å². The van der Waals surface area contributed by atoms with Crippen LogP contribution in [-0.4, -0.2) is 32.2 Å². The highest BCUT2D eigenvalue weighted by molar-refractivity contribution is 7.90. The van der Waals surface area contributed by atoms with Gasteiger partial charge in [0.1, 0.15) is 0 Å². The normalized spacial score (nSPS) is 11.8. The Morgan fingerprint density at radius 2 is 2.07 bits per heavy atom. The molecule has 0 aliphatic rings. The lowest BCUT2D eigenvalue weighted by Gasteiger charge is -2.02. The summed E-state index contributed by atoms with van der Waals surface area (Å²) in [6.45, 7) is 2.36. The highest BCUT2D eigenvalue weighted by Gasteiger charge is 2.17. The predicted octanol–water partition coefficient (Wildman–Crippen LogP) is 4.10. The Morgan fingerprint density at radius 1 is 1.25 bits per heavy atom. The number of anilines is 1. The zero-order valence-corrected chi connectivity index (χ0v) is 16.7. The Balaban J connectivity index is 1.63. The molecule has 7 nitrogen and oxygen atoms in total. The fraction of sp³-hybridized carbons (Fsp3) is 0.158. The summed E-state index contributed by atoms with van der Waals surface area (Å²) in [5.41, 5.74) is 1.12. The number of furan rings is 1. The van der Waals surface area contributed by atoms with Crippen LogP contribution in [0.3, 0.4) is 0 Å². The highest BCUT2D eigenvalue weighted by Crippen LogP contribution is 2.31. The van der Waals surface area contributed by atoms with Gasteiger partial charge < -0.3 is 9.15 Å². The van der Waals surface area contributed by atoms with Crippen molar-refractivity contribution in [3.63, 3.8) is 0 Å². The number of rotatable bonds is 5. The number of ether oxygens (including phenoxy) is 1. The van der Waals surface area contributed by atoms with E-state index in [4.69, 9.17) is 9.15 Å². The van der Waals surface area contributed by atoms with Crippen LogP contribution in [0, 0.1) is 0 Å². The van der Waals surface area contributed by atoms with E-state index in [9.17, 15) is 13.2 Å². The van der Waals surface area contributed by atoms with E-state index < -0.39 is 15.7 Å². The summed E-state index contributed by atoms with van der Waals surface area (Å²) in [6, 6.07) is 11.8. The fourth-order valence-corrected chi connectivity index (χ4v) is 4.39. The van der Waals surface area contributed by atoms with Crippen LogP contribution < -0.4 is 10.1 Å². The zero-order chi connectivity index (χ0) is 19.9. The fourth-order valence-electron chi connectivity index (χ4n) is 2.77. The molecule has 0 aliphatic heterocycles. The van der Waals surface area contributed by atoms with Crippen LogP contribution in [0.4, 0.5) is 5.13 Å². The second-order valence-electron chi connectivity index (χ2n) is 6.09. The van der Waals surface area contributed by atoms with Gasteiger partial charge in [-0.3, -0.25) is 10.1 Å². The topological polar surface area (TPSA) is 98.5 Å². The first-order valence-corrected chi connectivity index (χ1v) is 11.1. The van der Waals surface area contributed by atoms with E-state index in [0.717, 1.165) is 11.6 Å². The van der Waals surface area contributed by atoms with Crippen LogP contribution >= 0.6 is 11.3 Å². The molecule has 0 saturated heterocycles. The van der Waals surface area contributed by atoms with Crippen molar-refractivity contribution in [3.05, 3.63) is 48.2 Å². The molecular weight excluding hydrogens is 400 g/mol. The van der Waals surface area contributed by atoms with Crippen LogP contribution in [0.25, 0.3) is 21.2 Å². The van der Waals surface area contributed by atoms with Gasteiger partial charge in [-0.25, -0.2) is 13.4 Å². The predicted molar refractivity (Wildman–Crippen MR) is 108 cm³/mol. The minimum absolute atomic E-state index is 0.137. The minimum atomic E-state index is -3.31. The van der Waals surface area contributed by atoms with Gasteiger partial charge in [0.15, 0.2) is 32.1 Å². The summed E-state index contributed by atoms with van der Waals surface area (Å²) >= 11 is 1.19. The molecule has 0 spiro atoms. The molecule has 0 saturated carbocycles. The number of fused-ring (bicyclic) bond motifs is 2. The van der Waals surface area contributed by atoms with Crippen molar-refractivity contribution in [2.45, 2.75) is 11.8 Å². The van der Waals surface area contributed by atoms with Gasteiger partial charge in [0.05, 0.1) is 21.7 Å². The number of carbonyl (C=O) groups is 1. The third-order valence-electron chi connectivity index (χ3n) is 4.04. The van der Waals surface area contributed by atoms with E-state index in [1.165, 1.54) is 17.4 Å². The number of sulfone groups is 1. The standard InChI is InChI=1S/C19H16N2O5S2/c1-3-25-14-6-4-5-11-9-15(26-17(11)14)18(22)21-19-20-13-8-7-12(28(2,23)24)10-16(13)27-19/h4-10H,3H2,1-2H3,(H,20,21,22). The second-order valence-corrected chi connectivity index (χ2v) is 9.14. The molecule has 9 heteroatoms. The lowest BCUT2D eigenvalue weighted by atomic mass is 10.2. The van der Waals surface area contributed by atoms with E-state index in [1.54, 1.807) is 24.3 Å². The van der Waals surface area contributed by atoms with Crippen molar-refractivity contribution in [2.75, 3.05) is 18.2 Å². The maximum absolute atomic E-state index is 12.6. The molecule has 0 bridgehead atoms. The Bertz CT molecular complexity index is 1300. The van der Waals surface area contributed by atoms with Gasteiger partial charge in [0.25, 0.3) is 5.91 Å². The number of nitrogens with zero attached hydrogens (tertiary/aromatic N) is 1. The smallest absolute Gasteiger partial charge is 0.293 e. The van der Waals surface area contributed by atoms with Gasteiger partial charge in [0, 0.05) is 11.6 Å². The minimum Gasteiger partial charge on any atom is -0.490 e. The van der Waals surface area contributed by atoms with Crippen LogP contribution in [-0.2, 0) is 9.84 Å². The first-order chi connectivity index (χ1) is 13.3. The maximum Gasteiger partial charge on any atom is 0.293 e. The van der Waals surface area contributed by atoms with Gasteiger partial charge in [-0.05, 0) is 37.3 Å². The van der Waals surface area contributed by atoms with Crippen molar-refractivity contribution in [2.24, 2.45) is 0 Å². The molecule has 0 fully saturated rings. The quantitative estimate of drug-likeness (QED) is 0.526. The molecule has 1 N–H and O–H groups in total. The number of thiazole rings is 1. The molecule has 0 radical (unpaired) electrons. The number of hydrogen-bond acceptors (Lipinski definition) is 7. The number of hydrogen-bond donors (Lipinski definition) is 1. The molecule has 0 atom stereocenters. The van der Waals surface area contributed by atoms with Crippen LogP contribution in [0.1, 0.15) is 17.5 Å². The molecule has 1 amide bonds. The molecule has 28 heavy (non-hydrogen) atoms. The molecular formula is C19H16N2O5S2. The summed E-state index contributed by atoms with van der Waals surface area (Å²) in [6.07, 6.45) is 1.15. The van der Waals surface area contributed by atoms with Crippen LogP contribution in [0.15, 0.2) is 51.8 Å². The molecule has 2 aromatic carbocycles. The van der Waals surface area contributed by atoms with Crippen LogP contribution in [0.5, 0.6) is 5.75 Å². The summed E-state index contributed by atoms with van der Waals surface area (Å²) in [5.74, 6) is 0.270. The first kappa shape index (κ1) is 18.5. The van der Waals surface area contributed by atoms with Gasteiger partial charge in [-0.15, -0.1) is 0 Å². The summed E-state index contributed by atoms with van der Waals surface area (Å²) in [5, 5.41) is 3.82. The largest absolute Gasteiger partial charge is 0.490 e. The molecule has 2 aromatic heterocycles. The molecule has 0 aliphatic carbocycles. The Kier molecular flexibility index (Phi) is 4.56. The zero-order valence-electron chi connectivity index (χ0n) is 15.1. The molecule has 144 valence electrons. The molecule has 0 unspecified atom stereocenters. The Hall–Kier alpha value is -2.91. The maximum atomic E-state index is 12.6. The van der Waals surface area contributed by atoms with Crippen molar-refractivity contribution in [1.29, 1.82) is 0 Å². The number of para-hydroxylation sites is 1. The third-order valence-corrected chi connectivity index (χ3v) is 6.08. The number of nitrogens with one attached hydrogen (secondary N) is 1. The Morgan fingerprint density at radius 3 is 2.82 bits per heavy atom. The van der Waals surface area contributed by atoms with E-state index in [1.807, 2.05) is 19.1 Å². The average Bonchev–Trinajstić information content (AvgIpc) is 3.24. The molecule has 4 aromatic rings. The van der Waals surface area contributed by atoms with E-state index in [2.05, 4.69) is 10.3 Å². The molecule has 2 heterocycles. The second kappa shape index (κ2) is 6.92. The van der Waals surface area contributed by atoms with E-state index >= 15 is 0 Å². The monoisotopic (exact) mass is 416 g/mol. The Labute approximate surface area is 164 Å².